The minimum absolute atomic E-state index is 0.0312. The van der Waals surface area contributed by atoms with Gasteiger partial charge in [-0.1, -0.05) is 17.8 Å². The van der Waals surface area contributed by atoms with E-state index in [1.54, 1.807) is 23.8 Å². The van der Waals surface area contributed by atoms with Crippen molar-refractivity contribution >= 4 is 23.4 Å². The highest BCUT2D eigenvalue weighted by Crippen LogP contribution is 2.25. The second kappa shape index (κ2) is 8.86. The summed E-state index contributed by atoms with van der Waals surface area (Å²) in [6.45, 7) is 0. The van der Waals surface area contributed by atoms with Crippen LogP contribution in [0.4, 0.5) is 18.9 Å². The van der Waals surface area contributed by atoms with E-state index in [0.717, 1.165) is 29.6 Å². The third-order valence-corrected chi connectivity index (χ3v) is 4.50. The van der Waals surface area contributed by atoms with Crippen LogP contribution in [0, 0.1) is 0 Å². The predicted octanol–water partition coefficient (Wildman–Crippen LogP) is 3.91. The van der Waals surface area contributed by atoms with Crippen molar-refractivity contribution in [1.82, 2.24) is 14.8 Å². The van der Waals surface area contributed by atoms with Gasteiger partial charge in [-0.25, -0.2) is 0 Å². The molecule has 1 aromatic heterocycles. The molecule has 0 saturated heterocycles. The number of hydrogen-bond donors (Lipinski definition) is 1. The molecule has 1 heterocycles. The van der Waals surface area contributed by atoms with Crippen LogP contribution in [0.3, 0.4) is 0 Å². The Morgan fingerprint density at radius 1 is 1.17 bits per heavy atom. The lowest BCUT2D eigenvalue weighted by atomic mass is 10.3. The zero-order valence-electron chi connectivity index (χ0n) is 15.0. The van der Waals surface area contributed by atoms with Crippen molar-refractivity contribution in [1.29, 1.82) is 0 Å². The van der Waals surface area contributed by atoms with E-state index < -0.39 is 6.36 Å². The Kier molecular flexibility index (Phi) is 6.27. The number of methoxy groups -OCH3 is 1. The Balaban J connectivity index is 1.58. The van der Waals surface area contributed by atoms with Gasteiger partial charge in [0, 0.05) is 11.8 Å². The summed E-state index contributed by atoms with van der Waals surface area (Å²) in [6.07, 6.45) is -3.24. The van der Waals surface area contributed by atoms with E-state index in [1.807, 2.05) is 12.1 Å². The molecule has 1 N–H and O–H groups in total. The van der Waals surface area contributed by atoms with Crippen LogP contribution in [0.15, 0.2) is 60.0 Å². The molecule has 0 aliphatic carbocycles. The molecule has 0 unspecified atom stereocenters. The van der Waals surface area contributed by atoms with Gasteiger partial charge in [-0.15, -0.1) is 23.4 Å². The van der Waals surface area contributed by atoms with Gasteiger partial charge in [-0.3, -0.25) is 9.36 Å². The summed E-state index contributed by atoms with van der Waals surface area (Å²) < 4.78 is 47.2. The van der Waals surface area contributed by atoms with E-state index in [0.29, 0.717) is 16.6 Å². The number of anilines is 1. The molecule has 7 nitrogen and oxygen atoms in total. The van der Waals surface area contributed by atoms with Gasteiger partial charge in [-0.2, -0.15) is 0 Å². The Labute approximate surface area is 167 Å². The first-order valence-corrected chi connectivity index (χ1v) is 9.15. The highest BCUT2D eigenvalue weighted by atomic mass is 32.2. The summed E-state index contributed by atoms with van der Waals surface area (Å²) in [4.78, 5) is 12.1. The molecule has 0 aliphatic heterocycles. The van der Waals surface area contributed by atoms with Crippen molar-refractivity contribution in [3.05, 3.63) is 54.9 Å². The van der Waals surface area contributed by atoms with E-state index in [1.165, 1.54) is 18.5 Å². The minimum atomic E-state index is -4.76. The summed E-state index contributed by atoms with van der Waals surface area (Å²) in [5, 5.41) is 11.0. The van der Waals surface area contributed by atoms with Crippen LogP contribution in [0.2, 0.25) is 0 Å². The summed E-state index contributed by atoms with van der Waals surface area (Å²) in [5.74, 6) is -0.0116. The van der Waals surface area contributed by atoms with Gasteiger partial charge in [0.05, 0.1) is 18.6 Å². The largest absolute Gasteiger partial charge is 0.573 e. The van der Waals surface area contributed by atoms with Gasteiger partial charge in [0.2, 0.25) is 5.91 Å². The number of halogens is 3. The van der Waals surface area contributed by atoms with Crippen molar-refractivity contribution in [3.63, 3.8) is 0 Å². The van der Waals surface area contributed by atoms with Gasteiger partial charge in [-0.05, 0) is 36.4 Å². The molecule has 2 aromatic carbocycles. The van der Waals surface area contributed by atoms with Crippen LogP contribution in [0.5, 0.6) is 11.5 Å². The van der Waals surface area contributed by atoms with Crippen molar-refractivity contribution in [2.24, 2.45) is 0 Å². The number of ether oxygens (including phenoxy) is 2. The first-order chi connectivity index (χ1) is 13.8. The molecule has 1 amide bonds. The lowest BCUT2D eigenvalue weighted by Crippen LogP contribution is -2.17. The molecule has 0 aliphatic rings. The van der Waals surface area contributed by atoms with Gasteiger partial charge in [0.1, 0.15) is 17.8 Å². The fourth-order valence-corrected chi connectivity index (χ4v) is 3.06. The maximum atomic E-state index is 12.2. The van der Waals surface area contributed by atoms with Crippen molar-refractivity contribution in [2.45, 2.75) is 11.5 Å². The Hall–Kier alpha value is -3.21. The molecular weight excluding hydrogens is 409 g/mol. The predicted molar refractivity (Wildman–Crippen MR) is 100 cm³/mol. The Morgan fingerprint density at radius 2 is 1.93 bits per heavy atom. The summed E-state index contributed by atoms with van der Waals surface area (Å²) in [7, 11) is 1.56. The average molecular weight is 424 g/mol. The molecule has 0 fully saturated rings. The fraction of sp³-hybridized carbons (Fsp3) is 0.167. The number of thioether (sulfide) groups is 1. The third kappa shape index (κ3) is 5.88. The van der Waals surface area contributed by atoms with E-state index in [9.17, 15) is 18.0 Å². The molecule has 0 atom stereocenters. The summed E-state index contributed by atoms with van der Waals surface area (Å²) in [5.41, 5.74) is 1.12. The van der Waals surface area contributed by atoms with Gasteiger partial charge < -0.3 is 14.8 Å². The number of hydrogen-bond acceptors (Lipinski definition) is 6. The van der Waals surface area contributed by atoms with Crippen LogP contribution in [-0.2, 0) is 4.79 Å². The number of aromatic nitrogens is 3. The number of nitrogens with zero attached hydrogens (tertiary/aromatic N) is 3. The van der Waals surface area contributed by atoms with Gasteiger partial charge in [0.15, 0.2) is 5.16 Å². The quantitative estimate of drug-likeness (QED) is 0.580. The second-order valence-corrected chi connectivity index (χ2v) is 6.54. The van der Waals surface area contributed by atoms with E-state index in [4.69, 9.17) is 4.74 Å². The van der Waals surface area contributed by atoms with Crippen LogP contribution in [0.25, 0.3) is 5.69 Å². The molecule has 0 bridgehead atoms. The molecule has 0 saturated carbocycles. The third-order valence-electron chi connectivity index (χ3n) is 3.55. The van der Waals surface area contributed by atoms with Crippen molar-refractivity contribution < 1.29 is 27.4 Å². The molecule has 0 spiro atoms. The molecule has 29 heavy (non-hydrogen) atoms. The standard InChI is InChI=1S/C18H15F3N4O3S/c1-27-15-4-2-3-13(9-15)25-11-22-24-17(25)29-10-16(26)23-12-5-7-14(8-6-12)28-18(19,20)21/h2-9,11H,10H2,1H3,(H,23,26). The number of nitrogens with one attached hydrogen (secondary N) is 1. The molecular formula is C18H15F3N4O3S. The number of carbonyl (C=O) groups is 1. The van der Waals surface area contributed by atoms with Crippen LogP contribution >= 0.6 is 11.8 Å². The zero-order valence-corrected chi connectivity index (χ0v) is 15.8. The van der Waals surface area contributed by atoms with Gasteiger partial charge >= 0.3 is 6.36 Å². The average Bonchev–Trinajstić information content (AvgIpc) is 3.15. The first kappa shape index (κ1) is 20.5. The monoisotopic (exact) mass is 424 g/mol. The molecule has 3 rings (SSSR count). The number of carbonyl (C=O) groups excluding carboxylic acids is 1. The van der Waals surface area contributed by atoms with Crippen LogP contribution in [-0.4, -0.2) is 39.9 Å². The topological polar surface area (TPSA) is 78.3 Å². The lowest BCUT2D eigenvalue weighted by molar-refractivity contribution is -0.274. The number of alkyl halides is 3. The normalized spacial score (nSPS) is 11.2. The molecule has 3 aromatic rings. The lowest BCUT2D eigenvalue weighted by Gasteiger charge is -2.10. The maximum Gasteiger partial charge on any atom is 0.573 e. The summed E-state index contributed by atoms with van der Waals surface area (Å²) in [6, 6.07) is 12.2. The SMILES string of the molecule is COc1cccc(-n2cnnc2SCC(=O)Nc2ccc(OC(F)(F)F)cc2)c1. The zero-order chi connectivity index (χ0) is 20.9. The number of rotatable bonds is 7. The van der Waals surface area contributed by atoms with Gasteiger partial charge in [0.25, 0.3) is 0 Å². The Morgan fingerprint density at radius 3 is 2.62 bits per heavy atom. The molecule has 11 heteroatoms. The Bertz CT molecular complexity index is 977. The van der Waals surface area contributed by atoms with E-state index >= 15 is 0 Å². The highest BCUT2D eigenvalue weighted by molar-refractivity contribution is 7.99. The fourth-order valence-electron chi connectivity index (χ4n) is 2.33. The minimum Gasteiger partial charge on any atom is -0.497 e. The smallest absolute Gasteiger partial charge is 0.497 e. The number of amides is 1. The highest BCUT2D eigenvalue weighted by Gasteiger charge is 2.30. The van der Waals surface area contributed by atoms with Crippen LogP contribution in [0.1, 0.15) is 0 Å². The van der Waals surface area contributed by atoms with E-state index in [2.05, 4.69) is 20.3 Å². The first-order valence-electron chi connectivity index (χ1n) is 8.17. The maximum absolute atomic E-state index is 12.2. The summed E-state index contributed by atoms with van der Waals surface area (Å²) >= 11 is 1.16. The van der Waals surface area contributed by atoms with E-state index in [-0.39, 0.29) is 17.4 Å². The molecule has 0 radical (unpaired) electrons. The van der Waals surface area contributed by atoms with Crippen molar-refractivity contribution in [2.75, 3.05) is 18.2 Å². The molecule has 152 valence electrons. The van der Waals surface area contributed by atoms with Crippen molar-refractivity contribution in [3.8, 4) is 17.2 Å². The number of benzene rings is 2. The van der Waals surface area contributed by atoms with Crippen LogP contribution < -0.4 is 14.8 Å². The second-order valence-electron chi connectivity index (χ2n) is 5.59.